The number of pyridine rings is 2. The predicted molar refractivity (Wildman–Crippen MR) is 79.9 cm³/mol. The molecule has 0 bridgehead atoms. The summed E-state index contributed by atoms with van der Waals surface area (Å²) in [5.74, 6) is 0. The molecule has 0 atom stereocenters. The standard InChI is InChI=1S/C14H16N2PS/c18-17(11-7-13-5-1-3-9-15-13)12-8-14-6-2-4-10-16-14/h1-6,9-10H,7-8,11-12H2/q+1. The molecule has 0 unspecified atom stereocenters. The first-order valence-electron chi connectivity index (χ1n) is 6.06. The Balaban J connectivity index is 1.73. The van der Waals surface area contributed by atoms with Gasteiger partial charge in [-0.2, -0.15) is 0 Å². The van der Waals surface area contributed by atoms with Crippen molar-refractivity contribution in [3.63, 3.8) is 0 Å². The normalized spacial score (nSPS) is 10.2. The highest BCUT2D eigenvalue weighted by Gasteiger charge is 2.10. The molecule has 0 aliphatic rings. The van der Waals surface area contributed by atoms with Crippen molar-refractivity contribution >= 4 is 18.5 Å². The fourth-order valence-electron chi connectivity index (χ4n) is 1.68. The monoisotopic (exact) mass is 275 g/mol. The third kappa shape index (κ3) is 4.59. The first-order valence-corrected chi connectivity index (χ1v) is 8.79. The SMILES string of the molecule is S=[P+](CCc1ccccn1)CCc1ccccn1. The van der Waals surface area contributed by atoms with E-state index in [9.17, 15) is 0 Å². The quantitative estimate of drug-likeness (QED) is 0.757. The van der Waals surface area contributed by atoms with Gasteiger partial charge in [0.15, 0.2) is 18.5 Å². The van der Waals surface area contributed by atoms with E-state index in [2.05, 4.69) is 22.1 Å². The summed E-state index contributed by atoms with van der Waals surface area (Å²) in [6.07, 6.45) is 7.84. The molecule has 0 aliphatic heterocycles. The summed E-state index contributed by atoms with van der Waals surface area (Å²) in [5.41, 5.74) is 2.29. The van der Waals surface area contributed by atoms with Gasteiger partial charge >= 0.3 is 0 Å². The number of nitrogens with zero attached hydrogens (tertiary/aromatic N) is 2. The van der Waals surface area contributed by atoms with Crippen LogP contribution in [0.25, 0.3) is 0 Å². The van der Waals surface area contributed by atoms with Gasteiger partial charge in [0.25, 0.3) is 0 Å². The van der Waals surface area contributed by atoms with Crippen LogP contribution in [0.4, 0.5) is 0 Å². The van der Waals surface area contributed by atoms with Crippen molar-refractivity contribution in [3.8, 4) is 0 Å². The maximum atomic E-state index is 5.54. The van der Waals surface area contributed by atoms with E-state index in [1.165, 1.54) is 0 Å². The number of hydrogen-bond acceptors (Lipinski definition) is 3. The summed E-state index contributed by atoms with van der Waals surface area (Å²) in [5, 5.41) is 0. The van der Waals surface area contributed by atoms with E-state index in [1.807, 2.05) is 36.7 Å². The minimum Gasteiger partial charge on any atom is -0.261 e. The Morgan fingerprint density at radius 3 is 1.72 bits per heavy atom. The molecule has 0 aromatic carbocycles. The van der Waals surface area contributed by atoms with E-state index >= 15 is 0 Å². The second kappa shape index (κ2) is 7.30. The van der Waals surface area contributed by atoms with Gasteiger partial charge in [0.2, 0.25) is 0 Å². The molecule has 92 valence electrons. The summed E-state index contributed by atoms with van der Waals surface area (Å²) in [7, 11) is 0. The average Bonchev–Trinajstić information content (AvgIpc) is 2.45. The van der Waals surface area contributed by atoms with Gasteiger partial charge in [0, 0.05) is 36.6 Å². The van der Waals surface area contributed by atoms with Crippen molar-refractivity contribution in [2.45, 2.75) is 12.8 Å². The Labute approximate surface area is 114 Å². The maximum absolute atomic E-state index is 5.54. The van der Waals surface area contributed by atoms with E-state index in [1.54, 1.807) is 0 Å². The zero-order chi connectivity index (χ0) is 12.6. The first-order chi connectivity index (χ1) is 8.84. The Kier molecular flexibility index (Phi) is 5.37. The lowest BCUT2D eigenvalue weighted by molar-refractivity contribution is 1.02. The van der Waals surface area contributed by atoms with Crippen molar-refractivity contribution < 1.29 is 0 Å². The molecule has 0 fully saturated rings. The molecule has 0 saturated carbocycles. The molecular formula is C14H16N2PS+. The highest BCUT2D eigenvalue weighted by atomic mass is 32.4. The molecule has 2 nitrogen and oxygen atoms in total. The molecule has 2 aromatic heterocycles. The van der Waals surface area contributed by atoms with E-state index in [0.717, 1.165) is 36.6 Å². The molecule has 0 saturated heterocycles. The molecule has 0 spiro atoms. The minimum absolute atomic E-state index is 0.325. The number of aryl methyl sites for hydroxylation is 2. The Bertz CT molecular complexity index is 442. The number of hydrogen-bond donors (Lipinski definition) is 0. The Morgan fingerprint density at radius 1 is 0.833 bits per heavy atom. The van der Waals surface area contributed by atoms with Gasteiger partial charge in [-0.25, -0.2) is 0 Å². The third-order valence-electron chi connectivity index (χ3n) is 2.69. The van der Waals surface area contributed by atoms with E-state index in [0.29, 0.717) is 0 Å². The summed E-state index contributed by atoms with van der Waals surface area (Å²) in [6.45, 7) is -0.325. The van der Waals surface area contributed by atoms with Gasteiger partial charge < -0.3 is 0 Å². The van der Waals surface area contributed by atoms with Crippen LogP contribution in [0.5, 0.6) is 0 Å². The van der Waals surface area contributed by atoms with Crippen LogP contribution in [0.2, 0.25) is 0 Å². The Hall–Kier alpha value is -1.18. The predicted octanol–water partition coefficient (Wildman–Crippen LogP) is 3.21. The van der Waals surface area contributed by atoms with E-state index < -0.39 is 0 Å². The summed E-state index contributed by atoms with van der Waals surface area (Å²) in [4.78, 5) is 8.64. The van der Waals surface area contributed by atoms with Crippen molar-refractivity contribution in [2.24, 2.45) is 0 Å². The topological polar surface area (TPSA) is 25.8 Å². The van der Waals surface area contributed by atoms with Crippen LogP contribution in [0.15, 0.2) is 48.8 Å². The molecule has 0 radical (unpaired) electrons. The lowest BCUT2D eigenvalue weighted by Gasteiger charge is -1.96. The fourth-order valence-corrected chi connectivity index (χ4v) is 3.41. The van der Waals surface area contributed by atoms with E-state index in [4.69, 9.17) is 11.8 Å². The van der Waals surface area contributed by atoms with Gasteiger partial charge in [-0.05, 0) is 24.3 Å². The molecule has 0 aliphatic carbocycles. The van der Waals surface area contributed by atoms with Crippen LogP contribution in [-0.4, -0.2) is 22.3 Å². The molecule has 4 heteroatoms. The molecule has 2 aromatic rings. The minimum atomic E-state index is -0.325. The lowest BCUT2D eigenvalue weighted by Crippen LogP contribution is -1.96. The summed E-state index contributed by atoms with van der Waals surface area (Å²) >= 11 is 5.54. The van der Waals surface area contributed by atoms with Gasteiger partial charge in [-0.3, -0.25) is 9.97 Å². The van der Waals surface area contributed by atoms with Crippen LogP contribution in [0, 0.1) is 0 Å². The highest BCUT2D eigenvalue weighted by molar-refractivity contribution is 8.05. The number of aromatic nitrogens is 2. The zero-order valence-electron chi connectivity index (χ0n) is 10.2. The van der Waals surface area contributed by atoms with Crippen LogP contribution in [0.1, 0.15) is 11.4 Å². The average molecular weight is 275 g/mol. The third-order valence-corrected chi connectivity index (χ3v) is 5.23. The van der Waals surface area contributed by atoms with E-state index in [-0.39, 0.29) is 6.70 Å². The smallest absolute Gasteiger partial charge is 0.175 e. The van der Waals surface area contributed by atoms with Gasteiger partial charge in [0.1, 0.15) is 12.3 Å². The van der Waals surface area contributed by atoms with Crippen LogP contribution in [0.3, 0.4) is 0 Å². The second-order valence-corrected chi connectivity index (χ2v) is 7.48. The number of rotatable bonds is 6. The van der Waals surface area contributed by atoms with Crippen molar-refractivity contribution in [1.29, 1.82) is 0 Å². The lowest BCUT2D eigenvalue weighted by atomic mass is 10.3. The first kappa shape index (κ1) is 13.3. The Morgan fingerprint density at radius 2 is 1.33 bits per heavy atom. The van der Waals surface area contributed by atoms with Crippen LogP contribution in [-0.2, 0) is 24.6 Å². The van der Waals surface area contributed by atoms with Crippen molar-refractivity contribution in [2.75, 3.05) is 12.3 Å². The van der Waals surface area contributed by atoms with Gasteiger partial charge in [-0.15, -0.1) is 0 Å². The zero-order valence-corrected chi connectivity index (χ0v) is 11.9. The second-order valence-electron chi connectivity index (χ2n) is 4.07. The van der Waals surface area contributed by atoms with Crippen LogP contribution < -0.4 is 0 Å². The van der Waals surface area contributed by atoms with Crippen LogP contribution >= 0.6 is 6.70 Å². The highest BCUT2D eigenvalue weighted by Crippen LogP contribution is 2.23. The largest absolute Gasteiger partial charge is 0.261 e. The van der Waals surface area contributed by atoms with Crippen molar-refractivity contribution in [1.82, 2.24) is 9.97 Å². The maximum Gasteiger partial charge on any atom is 0.175 e. The molecule has 0 amide bonds. The van der Waals surface area contributed by atoms with Crippen molar-refractivity contribution in [3.05, 3.63) is 60.2 Å². The molecule has 2 rings (SSSR count). The molecule has 18 heavy (non-hydrogen) atoms. The van der Waals surface area contributed by atoms with Gasteiger partial charge in [0.05, 0.1) is 0 Å². The molecule has 2 heterocycles. The van der Waals surface area contributed by atoms with Gasteiger partial charge in [-0.1, -0.05) is 12.1 Å². The summed E-state index contributed by atoms with van der Waals surface area (Å²) in [6, 6.07) is 12.1. The molecule has 0 N–H and O–H groups in total. The summed E-state index contributed by atoms with van der Waals surface area (Å²) < 4.78 is 0. The molecular weight excluding hydrogens is 259 g/mol. The fraction of sp³-hybridized carbons (Fsp3) is 0.286.